The number of hydrogen-bond acceptors (Lipinski definition) is 4. The first-order valence-electron chi connectivity index (χ1n) is 7.97. The quantitative estimate of drug-likeness (QED) is 0.605. The number of carbonyl (C=O) groups is 3. The maximum Gasteiger partial charge on any atom is 0.331 e. The van der Waals surface area contributed by atoms with Crippen molar-refractivity contribution in [1.29, 1.82) is 0 Å². The van der Waals surface area contributed by atoms with Gasteiger partial charge in [0.25, 0.3) is 11.8 Å². The summed E-state index contributed by atoms with van der Waals surface area (Å²) in [6, 6.07) is 1.89. The Bertz CT molecular complexity index is 762. The van der Waals surface area contributed by atoms with Crippen molar-refractivity contribution >= 4 is 47.1 Å². The molecule has 1 heterocycles. The van der Waals surface area contributed by atoms with E-state index >= 15 is 0 Å². The number of barbiturate groups is 1. The molecule has 2 N–H and O–H groups in total. The van der Waals surface area contributed by atoms with E-state index in [9.17, 15) is 19.5 Å². The van der Waals surface area contributed by atoms with E-state index in [1.54, 1.807) is 0 Å². The van der Waals surface area contributed by atoms with Crippen LogP contribution in [-0.2, 0) is 9.59 Å². The number of nitrogens with one attached hydrogen (secondary N) is 1. The smallest absolute Gasteiger partial charge is 0.331 e. The third kappa shape index (κ3) is 3.50. The molecule has 6 nitrogen and oxygen atoms in total. The summed E-state index contributed by atoms with van der Waals surface area (Å²) < 4.78 is 0. The second-order valence-corrected chi connectivity index (χ2v) is 6.93. The number of imide groups is 2. The van der Waals surface area contributed by atoms with Gasteiger partial charge in [-0.3, -0.25) is 19.8 Å². The second kappa shape index (κ2) is 7.06. The van der Waals surface area contributed by atoms with Gasteiger partial charge in [-0.2, -0.15) is 0 Å². The van der Waals surface area contributed by atoms with E-state index in [1.807, 2.05) is 0 Å². The van der Waals surface area contributed by atoms with Crippen molar-refractivity contribution in [2.24, 2.45) is 0 Å². The SMILES string of the molecule is O=C1NC(=O)N(C2CCCCC2)C(=O)C1=Cc1cc(Cl)c(O)c(Cl)c1. The summed E-state index contributed by atoms with van der Waals surface area (Å²) in [5, 5.41) is 11.8. The van der Waals surface area contributed by atoms with Crippen molar-refractivity contribution in [3.05, 3.63) is 33.3 Å². The molecule has 0 bridgehead atoms. The topological polar surface area (TPSA) is 86.7 Å². The fourth-order valence-corrected chi connectivity index (χ4v) is 3.68. The maximum absolute atomic E-state index is 12.7. The number of carbonyl (C=O) groups excluding carboxylic acids is 3. The van der Waals surface area contributed by atoms with Gasteiger partial charge in [-0.15, -0.1) is 0 Å². The third-order valence-electron chi connectivity index (χ3n) is 4.42. The Labute approximate surface area is 154 Å². The van der Waals surface area contributed by atoms with Gasteiger partial charge in [-0.05, 0) is 36.6 Å². The molecule has 0 radical (unpaired) electrons. The monoisotopic (exact) mass is 382 g/mol. The van der Waals surface area contributed by atoms with Gasteiger partial charge in [-0.25, -0.2) is 4.79 Å². The van der Waals surface area contributed by atoms with Crippen LogP contribution in [0.5, 0.6) is 5.75 Å². The molecule has 1 saturated carbocycles. The highest BCUT2D eigenvalue weighted by Crippen LogP contribution is 2.34. The zero-order chi connectivity index (χ0) is 18.1. The van der Waals surface area contributed by atoms with Crippen LogP contribution in [0.4, 0.5) is 4.79 Å². The molecule has 4 amide bonds. The van der Waals surface area contributed by atoms with Crippen LogP contribution in [0.2, 0.25) is 10.0 Å². The van der Waals surface area contributed by atoms with Crippen LogP contribution >= 0.6 is 23.2 Å². The van der Waals surface area contributed by atoms with E-state index in [4.69, 9.17) is 23.2 Å². The Hall–Kier alpha value is -2.05. The zero-order valence-corrected chi connectivity index (χ0v) is 14.7. The van der Waals surface area contributed by atoms with Gasteiger partial charge in [0, 0.05) is 6.04 Å². The van der Waals surface area contributed by atoms with E-state index in [-0.39, 0.29) is 27.4 Å². The summed E-state index contributed by atoms with van der Waals surface area (Å²) in [5.74, 6) is -1.66. The maximum atomic E-state index is 12.7. The number of hydrogen-bond donors (Lipinski definition) is 2. The molecule has 1 aromatic rings. The van der Waals surface area contributed by atoms with Crippen LogP contribution < -0.4 is 5.32 Å². The van der Waals surface area contributed by atoms with Crippen molar-refractivity contribution in [3.8, 4) is 5.75 Å². The Morgan fingerprint density at radius 3 is 2.28 bits per heavy atom. The minimum Gasteiger partial charge on any atom is -0.505 e. The molecule has 132 valence electrons. The number of amides is 4. The van der Waals surface area contributed by atoms with Crippen LogP contribution in [0.1, 0.15) is 37.7 Å². The van der Waals surface area contributed by atoms with Crippen molar-refractivity contribution in [3.63, 3.8) is 0 Å². The normalized spacial score (nSPS) is 21.0. The van der Waals surface area contributed by atoms with Gasteiger partial charge in [0.2, 0.25) is 0 Å². The Balaban J connectivity index is 1.95. The minimum atomic E-state index is -0.762. The van der Waals surface area contributed by atoms with Crippen molar-refractivity contribution in [1.82, 2.24) is 10.2 Å². The lowest BCUT2D eigenvalue weighted by Gasteiger charge is -2.35. The van der Waals surface area contributed by atoms with Gasteiger partial charge in [-0.1, -0.05) is 42.5 Å². The van der Waals surface area contributed by atoms with Gasteiger partial charge < -0.3 is 5.11 Å². The number of benzene rings is 1. The first kappa shape index (κ1) is 17.8. The predicted octanol–water partition coefficient (Wildman–Crippen LogP) is 3.49. The second-order valence-electron chi connectivity index (χ2n) is 6.12. The average molecular weight is 383 g/mol. The lowest BCUT2D eigenvalue weighted by Crippen LogP contribution is -2.58. The summed E-state index contributed by atoms with van der Waals surface area (Å²) in [4.78, 5) is 38.1. The minimum absolute atomic E-state index is 0.00299. The summed E-state index contributed by atoms with van der Waals surface area (Å²) in [6.45, 7) is 0. The fourth-order valence-electron chi connectivity index (χ4n) is 3.18. The van der Waals surface area contributed by atoms with E-state index in [0.717, 1.165) is 37.0 Å². The van der Waals surface area contributed by atoms with Crippen LogP contribution in [0, 0.1) is 0 Å². The molecule has 1 aliphatic heterocycles. The van der Waals surface area contributed by atoms with Crippen LogP contribution in [0.25, 0.3) is 6.08 Å². The highest BCUT2D eigenvalue weighted by atomic mass is 35.5. The number of phenolic OH excluding ortho intramolecular Hbond substituents is 1. The molecule has 1 aliphatic carbocycles. The van der Waals surface area contributed by atoms with E-state index in [2.05, 4.69) is 5.32 Å². The van der Waals surface area contributed by atoms with Crippen LogP contribution in [0.15, 0.2) is 17.7 Å². The molecule has 2 fully saturated rings. The summed E-state index contributed by atoms with van der Waals surface area (Å²) in [6.07, 6.45) is 5.74. The number of phenols is 1. The number of urea groups is 1. The molecule has 2 aliphatic rings. The van der Waals surface area contributed by atoms with Crippen molar-refractivity contribution < 1.29 is 19.5 Å². The molecule has 3 rings (SSSR count). The summed E-state index contributed by atoms with van der Waals surface area (Å²) in [5.41, 5.74) is 0.215. The number of halogens is 2. The highest BCUT2D eigenvalue weighted by Gasteiger charge is 2.40. The summed E-state index contributed by atoms with van der Waals surface area (Å²) in [7, 11) is 0. The average Bonchev–Trinajstić information content (AvgIpc) is 2.57. The first-order valence-corrected chi connectivity index (χ1v) is 8.72. The molecular weight excluding hydrogens is 367 g/mol. The van der Waals surface area contributed by atoms with Gasteiger partial charge in [0.1, 0.15) is 5.57 Å². The van der Waals surface area contributed by atoms with Crippen molar-refractivity contribution in [2.75, 3.05) is 0 Å². The third-order valence-corrected chi connectivity index (χ3v) is 5.00. The summed E-state index contributed by atoms with van der Waals surface area (Å²) >= 11 is 11.7. The molecule has 1 saturated heterocycles. The Kier molecular flexibility index (Phi) is 5.01. The van der Waals surface area contributed by atoms with Crippen LogP contribution in [-0.4, -0.2) is 33.9 Å². The van der Waals surface area contributed by atoms with Gasteiger partial charge in [0.15, 0.2) is 5.75 Å². The number of nitrogens with zero attached hydrogens (tertiary/aromatic N) is 1. The van der Waals surface area contributed by atoms with Gasteiger partial charge in [0.05, 0.1) is 10.0 Å². The fraction of sp³-hybridized carbons (Fsp3) is 0.353. The van der Waals surface area contributed by atoms with Gasteiger partial charge >= 0.3 is 6.03 Å². The number of rotatable bonds is 2. The first-order chi connectivity index (χ1) is 11.9. The molecule has 8 heteroatoms. The molecule has 1 aromatic carbocycles. The molecule has 0 unspecified atom stereocenters. The lowest BCUT2D eigenvalue weighted by molar-refractivity contribution is -0.132. The molecule has 25 heavy (non-hydrogen) atoms. The zero-order valence-electron chi connectivity index (χ0n) is 13.2. The molecule has 0 aromatic heterocycles. The van der Waals surface area contributed by atoms with E-state index < -0.39 is 17.8 Å². The Morgan fingerprint density at radius 1 is 1.08 bits per heavy atom. The lowest BCUT2D eigenvalue weighted by atomic mass is 9.93. The largest absolute Gasteiger partial charge is 0.505 e. The molecular formula is C17H16Cl2N2O4. The standard InChI is InChI=1S/C17H16Cl2N2O4/c18-12-7-9(8-13(19)14(12)22)6-11-15(23)20-17(25)21(16(11)24)10-4-2-1-3-5-10/h6-8,10,22H,1-5H2,(H,20,23,25). The van der Waals surface area contributed by atoms with Crippen molar-refractivity contribution in [2.45, 2.75) is 38.1 Å². The predicted molar refractivity (Wildman–Crippen MR) is 93.4 cm³/mol. The number of aromatic hydroxyl groups is 1. The van der Waals surface area contributed by atoms with E-state index in [1.165, 1.54) is 18.2 Å². The molecule has 0 atom stereocenters. The highest BCUT2D eigenvalue weighted by molar-refractivity contribution is 6.37. The molecule has 0 spiro atoms. The van der Waals surface area contributed by atoms with Crippen LogP contribution in [0.3, 0.4) is 0 Å². The van der Waals surface area contributed by atoms with E-state index in [0.29, 0.717) is 5.56 Å². The Morgan fingerprint density at radius 2 is 1.68 bits per heavy atom.